The van der Waals surface area contributed by atoms with Gasteiger partial charge in [-0.15, -0.1) is 0 Å². The molecule has 0 fully saturated rings. The van der Waals surface area contributed by atoms with Crippen molar-refractivity contribution in [3.63, 3.8) is 0 Å². The summed E-state index contributed by atoms with van der Waals surface area (Å²) in [5, 5.41) is 5.10. The normalized spacial score (nSPS) is 14.6. The minimum absolute atomic E-state index is 0.0215. The van der Waals surface area contributed by atoms with Gasteiger partial charge in [0.25, 0.3) is 6.71 Å². The summed E-state index contributed by atoms with van der Waals surface area (Å²) in [6.07, 6.45) is 0. The van der Waals surface area contributed by atoms with Crippen molar-refractivity contribution in [3.8, 4) is 45.1 Å². The van der Waals surface area contributed by atoms with E-state index in [0.717, 1.165) is 11.5 Å². The summed E-state index contributed by atoms with van der Waals surface area (Å²) < 4.78 is 12.6. The summed E-state index contributed by atoms with van der Waals surface area (Å²) in [6.45, 7) is 14.0. The van der Waals surface area contributed by atoms with Gasteiger partial charge < -0.3 is 13.9 Å². The van der Waals surface area contributed by atoms with Crippen molar-refractivity contribution in [2.24, 2.45) is 0 Å². The number of para-hydroxylation sites is 2. The first-order valence-corrected chi connectivity index (χ1v) is 24.0. The van der Waals surface area contributed by atoms with Gasteiger partial charge in [-0.25, -0.2) is 0 Å². The number of hydrogen-bond acceptors (Lipinski definition) is 1. The van der Waals surface area contributed by atoms with Crippen LogP contribution in [0.25, 0.3) is 77.2 Å². The summed E-state index contributed by atoms with van der Waals surface area (Å²) in [6, 6.07) is 66.9. The van der Waals surface area contributed by atoms with Gasteiger partial charge >= 0.3 is 0 Å². The molecule has 0 N–H and O–H groups in total. The third kappa shape index (κ3) is 4.54. The van der Waals surface area contributed by atoms with E-state index in [2.05, 4.69) is 227 Å². The van der Waals surface area contributed by atoms with Crippen LogP contribution in [0.2, 0.25) is 0 Å². The zero-order valence-corrected chi connectivity index (χ0v) is 38.6. The van der Waals surface area contributed by atoms with Crippen LogP contribution in [-0.4, -0.2) is 15.8 Å². The number of nitrogens with zero attached hydrogens (tertiary/aromatic N) is 2. The molecule has 0 amide bonds. The predicted octanol–water partition coefficient (Wildman–Crippen LogP) is 13.8. The zero-order chi connectivity index (χ0) is 44.9. The summed E-state index contributed by atoms with van der Waals surface area (Å²) >= 11 is 0. The Labute approximate surface area is 391 Å². The molecule has 67 heavy (non-hydrogen) atoms. The molecular formula is C63H47BN2O. The van der Waals surface area contributed by atoms with Gasteiger partial charge in [0.1, 0.15) is 11.5 Å². The average Bonchev–Trinajstić information content (AvgIpc) is 4.05. The van der Waals surface area contributed by atoms with Crippen molar-refractivity contribution in [2.45, 2.75) is 57.8 Å². The molecule has 4 heterocycles. The highest BCUT2D eigenvalue weighted by Crippen LogP contribution is 2.64. The molecule has 4 aliphatic rings. The highest BCUT2D eigenvalue weighted by Gasteiger charge is 2.54. The van der Waals surface area contributed by atoms with Gasteiger partial charge in [0.15, 0.2) is 0 Å². The van der Waals surface area contributed by atoms with Gasteiger partial charge in [-0.1, -0.05) is 181 Å². The molecule has 0 atom stereocenters. The molecule has 4 heteroatoms. The Kier molecular flexibility index (Phi) is 7.00. The summed E-state index contributed by atoms with van der Waals surface area (Å²) in [5.41, 5.74) is 23.7. The summed E-state index contributed by atoms with van der Waals surface area (Å²) in [4.78, 5) is 0. The SMILES string of the molecule is CC(C)(C)c1cc(-n2c3ccccc3c3ccc4c(c5cccc6c5n4-c4cccc5c4B6c4ccc6c(c4O5)-c4ccccc4C64c5ccccc5-c5ccccc54)c32)cc(C(C)(C)C)c1. The Morgan fingerprint density at radius 2 is 1.09 bits per heavy atom. The molecular weight excluding hydrogens is 812 g/mol. The van der Waals surface area contributed by atoms with Gasteiger partial charge in [-0.2, -0.15) is 0 Å². The van der Waals surface area contributed by atoms with Crippen molar-refractivity contribution >= 4 is 66.7 Å². The Morgan fingerprint density at radius 3 is 1.81 bits per heavy atom. The van der Waals surface area contributed by atoms with E-state index >= 15 is 0 Å². The first-order valence-electron chi connectivity index (χ1n) is 24.0. The molecule has 0 saturated carbocycles. The molecule has 9 aromatic carbocycles. The highest BCUT2D eigenvalue weighted by atomic mass is 16.5. The van der Waals surface area contributed by atoms with Crippen LogP contribution < -0.4 is 21.1 Å². The highest BCUT2D eigenvalue weighted by molar-refractivity contribution is 6.99. The van der Waals surface area contributed by atoms with E-state index in [1.54, 1.807) is 0 Å². The maximum Gasteiger partial charge on any atom is 0.256 e. The van der Waals surface area contributed by atoms with Gasteiger partial charge in [-0.3, -0.25) is 0 Å². The third-order valence-electron chi connectivity index (χ3n) is 16.1. The summed E-state index contributed by atoms with van der Waals surface area (Å²) in [5.74, 6) is 1.92. The van der Waals surface area contributed by atoms with Crippen molar-refractivity contribution in [2.75, 3.05) is 0 Å². The average molecular weight is 859 g/mol. The van der Waals surface area contributed by atoms with Crippen molar-refractivity contribution in [1.82, 2.24) is 9.13 Å². The van der Waals surface area contributed by atoms with E-state index < -0.39 is 5.41 Å². The van der Waals surface area contributed by atoms with E-state index in [9.17, 15) is 0 Å². The number of rotatable bonds is 1. The molecule has 2 aromatic heterocycles. The summed E-state index contributed by atoms with van der Waals surface area (Å²) in [7, 11) is 0. The van der Waals surface area contributed by atoms with Crippen LogP contribution in [0.15, 0.2) is 176 Å². The Bertz CT molecular complexity index is 3980. The number of benzene rings is 9. The van der Waals surface area contributed by atoms with Gasteiger partial charge in [0, 0.05) is 44.0 Å². The molecule has 15 rings (SSSR count). The second-order valence-corrected chi connectivity index (χ2v) is 21.6. The van der Waals surface area contributed by atoms with E-state index in [-0.39, 0.29) is 17.5 Å². The molecule has 0 radical (unpaired) electrons. The topological polar surface area (TPSA) is 19.1 Å². The van der Waals surface area contributed by atoms with E-state index in [1.807, 2.05) is 0 Å². The van der Waals surface area contributed by atoms with Crippen LogP contribution in [0.1, 0.15) is 74.9 Å². The minimum atomic E-state index is -0.442. The van der Waals surface area contributed by atoms with Crippen LogP contribution >= 0.6 is 0 Å². The quantitative estimate of drug-likeness (QED) is 0.151. The molecule has 318 valence electrons. The standard InChI is InChI=1S/C63H47BN2O/c1-61(2,3)36-33-37(62(4,5)6)35-38(34-36)65-51-26-14-10-19-41(51)42-29-32-52-56(59(42)65)44-21-15-25-49-58(44)66(52)53-27-16-28-54-57(53)64(49)50-31-30-48-55(60(50)67-54)43-20-9-13-24-47(43)63(48)45-22-11-7-17-39(45)40-18-8-12-23-46(40)63/h7-35H,1-6H3. The zero-order valence-electron chi connectivity index (χ0n) is 38.6. The van der Waals surface area contributed by atoms with Gasteiger partial charge in [0.05, 0.1) is 22.0 Å². The number of hydrogen-bond donors (Lipinski definition) is 0. The number of ether oxygens (including phenoxy) is 1. The van der Waals surface area contributed by atoms with Crippen molar-refractivity contribution in [1.29, 1.82) is 0 Å². The maximum absolute atomic E-state index is 7.45. The fourth-order valence-electron chi connectivity index (χ4n) is 13.2. The molecule has 1 spiro atoms. The Morgan fingerprint density at radius 1 is 0.463 bits per heavy atom. The molecule has 3 nitrogen and oxygen atoms in total. The monoisotopic (exact) mass is 858 g/mol. The second-order valence-electron chi connectivity index (χ2n) is 21.6. The van der Waals surface area contributed by atoms with Crippen LogP contribution in [0.3, 0.4) is 0 Å². The lowest BCUT2D eigenvalue weighted by Gasteiger charge is -2.35. The van der Waals surface area contributed by atoms with Gasteiger partial charge in [-0.05, 0) is 114 Å². The van der Waals surface area contributed by atoms with Crippen LogP contribution in [0.5, 0.6) is 11.5 Å². The lowest BCUT2D eigenvalue weighted by molar-refractivity contribution is 0.488. The third-order valence-corrected chi connectivity index (χ3v) is 16.1. The molecule has 0 unspecified atom stereocenters. The Hall–Kier alpha value is -7.56. The van der Waals surface area contributed by atoms with Crippen LogP contribution in [0.4, 0.5) is 0 Å². The molecule has 2 aliphatic carbocycles. The fourth-order valence-corrected chi connectivity index (χ4v) is 13.2. The number of aromatic nitrogens is 2. The van der Waals surface area contributed by atoms with Crippen molar-refractivity contribution < 1.29 is 4.74 Å². The number of fused-ring (bicyclic) bond motifs is 22. The van der Waals surface area contributed by atoms with E-state index in [1.165, 1.54) is 127 Å². The lowest BCUT2D eigenvalue weighted by atomic mass is 9.34. The Balaban J connectivity index is 1.03. The molecule has 11 aromatic rings. The fraction of sp³-hybridized carbons (Fsp3) is 0.143. The molecule has 0 saturated heterocycles. The second kappa shape index (κ2) is 12.5. The minimum Gasteiger partial charge on any atom is -0.458 e. The van der Waals surface area contributed by atoms with Crippen molar-refractivity contribution in [3.05, 3.63) is 209 Å². The van der Waals surface area contributed by atoms with Crippen LogP contribution in [-0.2, 0) is 16.2 Å². The molecule has 0 bridgehead atoms. The van der Waals surface area contributed by atoms with E-state index in [0.29, 0.717) is 0 Å². The first kappa shape index (κ1) is 37.6. The predicted molar refractivity (Wildman–Crippen MR) is 280 cm³/mol. The lowest BCUT2D eigenvalue weighted by Crippen LogP contribution is -2.58. The largest absolute Gasteiger partial charge is 0.458 e. The smallest absolute Gasteiger partial charge is 0.256 e. The van der Waals surface area contributed by atoms with Crippen LogP contribution in [0, 0.1) is 0 Å². The van der Waals surface area contributed by atoms with E-state index in [4.69, 9.17) is 4.74 Å². The van der Waals surface area contributed by atoms with Gasteiger partial charge in [0.2, 0.25) is 0 Å². The molecule has 2 aliphatic heterocycles. The first-order chi connectivity index (χ1) is 32.5. The maximum atomic E-state index is 7.45.